The Morgan fingerprint density at radius 2 is 2.21 bits per heavy atom. The van der Waals surface area contributed by atoms with Gasteiger partial charge in [-0.2, -0.15) is 0 Å². The zero-order chi connectivity index (χ0) is 10.6. The van der Waals surface area contributed by atoms with E-state index in [-0.39, 0.29) is 17.6 Å². The maximum Gasteiger partial charge on any atom is 0.488 e. The van der Waals surface area contributed by atoms with Crippen molar-refractivity contribution < 1.29 is 19.2 Å². The Morgan fingerprint density at radius 3 is 2.71 bits per heavy atom. The highest BCUT2D eigenvalue weighted by Crippen LogP contribution is 2.06. The Hall–Kier alpha value is -1.49. The lowest BCUT2D eigenvalue weighted by molar-refractivity contribution is 0.425. The van der Waals surface area contributed by atoms with Crippen molar-refractivity contribution >= 4 is 18.7 Å². The van der Waals surface area contributed by atoms with Crippen LogP contribution in [0.1, 0.15) is 5.56 Å². The second kappa shape index (κ2) is 4.67. The third-order valence-corrected chi connectivity index (χ3v) is 1.69. The highest BCUT2D eigenvalue weighted by atomic mass is 19.1. The van der Waals surface area contributed by atoms with Crippen LogP contribution < -0.4 is 5.46 Å². The summed E-state index contributed by atoms with van der Waals surface area (Å²) in [6.45, 7) is -0.100. The van der Waals surface area contributed by atoms with Crippen LogP contribution in [0.25, 0.3) is 0 Å². The number of carbonyl (C=O) groups excluding carboxylic acids is 1. The Morgan fingerprint density at radius 1 is 1.50 bits per heavy atom. The minimum atomic E-state index is -1.70. The van der Waals surface area contributed by atoms with Crippen molar-refractivity contribution in [2.24, 2.45) is 4.99 Å². The van der Waals surface area contributed by atoms with Crippen LogP contribution >= 0.6 is 0 Å². The minimum absolute atomic E-state index is 0.0568. The largest absolute Gasteiger partial charge is 0.488 e. The maximum absolute atomic E-state index is 13.1. The Labute approximate surface area is 79.9 Å². The van der Waals surface area contributed by atoms with E-state index in [1.165, 1.54) is 18.2 Å². The molecule has 0 heterocycles. The van der Waals surface area contributed by atoms with Gasteiger partial charge in [0.2, 0.25) is 6.08 Å². The Balaban J connectivity index is 2.95. The number of halogens is 1. The van der Waals surface area contributed by atoms with E-state index in [4.69, 9.17) is 10.0 Å². The van der Waals surface area contributed by atoms with Crippen LogP contribution in [-0.2, 0) is 11.3 Å². The summed E-state index contributed by atoms with van der Waals surface area (Å²) in [5, 5.41) is 17.4. The number of isocyanates is 1. The second-order valence-electron chi connectivity index (χ2n) is 2.63. The molecule has 0 aliphatic rings. The summed E-state index contributed by atoms with van der Waals surface area (Å²) in [5.74, 6) is -0.630. The Kier molecular flexibility index (Phi) is 3.53. The van der Waals surface area contributed by atoms with Crippen LogP contribution in [0, 0.1) is 5.82 Å². The van der Waals surface area contributed by atoms with Gasteiger partial charge in [-0.1, -0.05) is 12.1 Å². The standard InChI is InChI=1S/C8H7BFNO3/c10-8-3-7(9(13)14)2-1-6(8)4-11-5-12/h1-3,13-14H,4H2. The molecule has 6 heteroatoms. The van der Waals surface area contributed by atoms with Gasteiger partial charge in [-0.25, -0.2) is 14.2 Å². The van der Waals surface area contributed by atoms with Crippen LogP contribution in [0.15, 0.2) is 23.2 Å². The van der Waals surface area contributed by atoms with Gasteiger partial charge in [0.1, 0.15) is 5.82 Å². The van der Waals surface area contributed by atoms with E-state index in [2.05, 4.69) is 4.99 Å². The molecule has 0 saturated heterocycles. The molecule has 4 nitrogen and oxygen atoms in total. The number of benzene rings is 1. The van der Waals surface area contributed by atoms with Gasteiger partial charge in [-0.15, -0.1) is 0 Å². The molecule has 0 radical (unpaired) electrons. The fourth-order valence-electron chi connectivity index (χ4n) is 0.970. The SMILES string of the molecule is O=C=NCc1ccc(B(O)O)cc1F. The summed E-state index contributed by atoms with van der Waals surface area (Å²) in [4.78, 5) is 13.0. The fourth-order valence-corrected chi connectivity index (χ4v) is 0.970. The van der Waals surface area contributed by atoms with Crippen molar-refractivity contribution in [2.45, 2.75) is 6.54 Å². The lowest BCUT2D eigenvalue weighted by Gasteiger charge is -2.02. The van der Waals surface area contributed by atoms with Gasteiger partial charge >= 0.3 is 7.12 Å². The summed E-state index contributed by atoms with van der Waals surface area (Å²) in [6, 6.07) is 3.68. The van der Waals surface area contributed by atoms with E-state index in [9.17, 15) is 9.18 Å². The highest BCUT2D eigenvalue weighted by Gasteiger charge is 2.12. The van der Waals surface area contributed by atoms with Crippen molar-refractivity contribution in [3.05, 3.63) is 29.6 Å². The minimum Gasteiger partial charge on any atom is -0.423 e. The molecule has 1 aromatic rings. The lowest BCUT2D eigenvalue weighted by Crippen LogP contribution is -2.30. The van der Waals surface area contributed by atoms with Crippen LogP contribution in [0.3, 0.4) is 0 Å². The van der Waals surface area contributed by atoms with Gasteiger partial charge < -0.3 is 10.0 Å². The molecular formula is C8H7BFNO3. The summed E-state index contributed by atoms with van der Waals surface area (Å²) in [6.07, 6.45) is 1.29. The fraction of sp³-hybridized carbons (Fsp3) is 0.125. The van der Waals surface area contributed by atoms with Crippen LogP contribution in [0.5, 0.6) is 0 Å². The third-order valence-electron chi connectivity index (χ3n) is 1.69. The van der Waals surface area contributed by atoms with E-state index < -0.39 is 12.9 Å². The molecule has 1 rings (SSSR count). The van der Waals surface area contributed by atoms with Gasteiger partial charge in [-0.05, 0) is 11.5 Å². The first-order chi connectivity index (χ1) is 6.65. The van der Waals surface area contributed by atoms with Crippen LogP contribution in [0.2, 0.25) is 0 Å². The number of rotatable bonds is 3. The highest BCUT2D eigenvalue weighted by molar-refractivity contribution is 6.58. The number of nitrogens with zero attached hydrogens (tertiary/aromatic N) is 1. The van der Waals surface area contributed by atoms with Gasteiger partial charge in [0.15, 0.2) is 0 Å². The van der Waals surface area contributed by atoms with Gasteiger partial charge in [0.05, 0.1) is 6.54 Å². The summed E-state index contributed by atoms with van der Waals surface area (Å²) >= 11 is 0. The van der Waals surface area contributed by atoms with E-state index in [1.54, 1.807) is 0 Å². The monoisotopic (exact) mass is 195 g/mol. The second-order valence-corrected chi connectivity index (χ2v) is 2.63. The number of hydrogen-bond donors (Lipinski definition) is 2. The molecule has 14 heavy (non-hydrogen) atoms. The Bertz CT molecular complexity index is 377. The zero-order valence-corrected chi connectivity index (χ0v) is 7.14. The van der Waals surface area contributed by atoms with E-state index in [1.807, 2.05) is 0 Å². The molecule has 0 aliphatic carbocycles. The van der Waals surface area contributed by atoms with E-state index in [0.29, 0.717) is 0 Å². The third kappa shape index (κ3) is 2.50. The average Bonchev–Trinajstić information content (AvgIpc) is 2.15. The van der Waals surface area contributed by atoms with Gasteiger partial charge in [0, 0.05) is 5.56 Å². The molecule has 0 amide bonds. The van der Waals surface area contributed by atoms with Gasteiger partial charge in [-0.3, -0.25) is 0 Å². The summed E-state index contributed by atoms with van der Waals surface area (Å²) in [7, 11) is -1.70. The average molecular weight is 195 g/mol. The van der Waals surface area contributed by atoms with Crippen molar-refractivity contribution in [1.82, 2.24) is 0 Å². The molecule has 0 spiro atoms. The normalized spacial score (nSPS) is 9.36. The number of hydrogen-bond acceptors (Lipinski definition) is 4. The summed E-state index contributed by atoms with van der Waals surface area (Å²) < 4.78 is 13.1. The zero-order valence-electron chi connectivity index (χ0n) is 7.14. The lowest BCUT2D eigenvalue weighted by atomic mass is 9.80. The van der Waals surface area contributed by atoms with Crippen molar-refractivity contribution in [3.8, 4) is 0 Å². The van der Waals surface area contributed by atoms with Crippen molar-refractivity contribution in [3.63, 3.8) is 0 Å². The first kappa shape index (κ1) is 10.6. The molecule has 2 N–H and O–H groups in total. The molecule has 0 aromatic heterocycles. The summed E-state index contributed by atoms with van der Waals surface area (Å²) in [5.41, 5.74) is 0.263. The van der Waals surface area contributed by atoms with Crippen molar-refractivity contribution in [2.75, 3.05) is 0 Å². The van der Waals surface area contributed by atoms with E-state index >= 15 is 0 Å². The molecule has 0 unspecified atom stereocenters. The maximum atomic E-state index is 13.1. The van der Waals surface area contributed by atoms with Crippen LogP contribution in [-0.4, -0.2) is 23.2 Å². The molecule has 0 aliphatic heterocycles. The predicted molar refractivity (Wildman–Crippen MR) is 48.1 cm³/mol. The molecule has 72 valence electrons. The molecule has 0 saturated carbocycles. The topological polar surface area (TPSA) is 69.9 Å². The number of aliphatic imine (C=N–C) groups is 1. The molecule has 0 bridgehead atoms. The molecular weight excluding hydrogens is 188 g/mol. The van der Waals surface area contributed by atoms with E-state index in [0.717, 1.165) is 6.07 Å². The smallest absolute Gasteiger partial charge is 0.423 e. The van der Waals surface area contributed by atoms with Crippen molar-refractivity contribution in [1.29, 1.82) is 0 Å². The first-order valence-electron chi connectivity index (χ1n) is 3.83. The first-order valence-corrected chi connectivity index (χ1v) is 3.83. The molecule has 0 fully saturated rings. The van der Waals surface area contributed by atoms with Gasteiger partial charge in [0.25, 0.3) is 0 Å². The predicted octanol–water partition coefficient (Wildman–Crippen LogP) is -0.659. The van der Waals surface area contributed by atoms with Crippen LogP contribution in [0.4, 0.5) is 4.39 Å². The molecule has 1 aromatic carbocycles. The quantitative estimate of drug-likeness (QED) is 0.382. The molecule has 0 atom stereocenters.